The summed E-state index contributed by atoms with van der Waals surface area (Å²) >= 11 is 0. The van der Waals surface area contributed by atoms with Crippen LogP contribution < -0.4 is 21.1 Å². The number of ether oxygens (including phenoxy) is 4. The van der Waals surface area contributed by atoms with E-state index in [1.807, 2.05) is 6.92 Å². The summed E-state index contributed by atoms with van der Waals surface area (Å²) < 4.78 is 21.9. The molecule has 3 amide bonds. The van der Waals surface area contributed by atoms with E-state index in [1.165, 1.54) is 46.5 Å². The third kappa shape index (κ3) is 9.84. The summed E-state index contributed by atoms with van der Waals surface area (Å²) in [5.41, 5.74) is 5.74. The van der Waals surface area contributed by atoms with Gasteiger partial charge in [0.2, 0.25) is 11.6 Å². The molecule has 13 nitrogen and oxygen atoms in total. The summed E-state index contributed by atoms with van der Waals surface area (Å²) in [5, 5.41) is 16.5. The Kier molecular flexibility index (Phi) is 13.8. The van der Waals surface area contributed by atoms with E-state index in [4.69, 9.17) is 24.7 Å². The molecule has 0 aromatic heterocycles. The summed E-state index contributed by atoms with van der Waals surface area (Å²) in [6, 6.07) is 6.44. The molecule has 0 spiro atoms. The summed E-state index contributed by atoms with van der Waals surface area (Å²) in [7, 11) is 4.27. The Hall–Kier alpha value is -4.85. The molecule has 13 heteroatoms. The van der Waals surface area contributed by atoms with Crippen molar-refractivity contribution < 1.29 is 48.0 Å². The first-order valence-electron chi connectivity index (χ1n) is 15.7. The van der Waals surface area contributed by atoms with Crippen LogP contribution in [0.2, 0.25) is 0 Å². The summed E-state index contributed by atoms with van der Waals surface area (Å²) in [6.07, 6.45) is 2.90. The predicted molar refractivity (Wildman–Crippen MR) is 180 cm³/mol. The van der Waals surface area contributed by atoms with E-state index in [-0.39, 0.29) is 52.6 Å². The number of Topliss-reactive ketones (excluding diaryl/α,β-unsaturated/α-hetero) is 1. The minimum Gasteiger partial charge on any atom is -0.496 e. The minimum absolute atomic E-state index is 0.00322. The van der Waals surface area contributed by atoms with E-state index in [2.05, 4.69) is 10.6 Å². The van der Waals surface area contributed by atoms with Crippen molar-refractivity contribution in [1.29, 1.82) is 0 Å². The number of ketones is 2. The van der Waals surface area contributed by atoms with Crippen LogP contribution in [0.1, 0.15) is 50.9 Å². The summed E-state index contributed by atoms with van der Waals surface area (Å²) in [5.74, 6) is -3.26. The lowest BCUT2D eigenvalue weighted by Gasteiger charge is -2.30. The van der Waals surface area contributed by atoms with Crippen molar-refractivity contribution in [2.75, 3.05) is 21.3 Å². The van der Waals surface area contributed by atoms with Crippen LogP contribution in [0, 0.1) is 11.8 Å². The number of carbonyl (C=O) groups excluding carboxylic acids is 5. The zero-order chi connectivity index (χ0) is 36.4. The molecule has 1 aliphatic heterocycles. The van der Waals surface area contributed by atoms with Crippen molar-refractivity contribution in [2.24, 2.45) is 17.6 Å². The average Bonchev–Trinajstić information content (AvgIpc) is 3.07. The van der Waals surface area contributed by atoms with Gasteiger partial charge >= 0.3 is 6.09 Å². The zero-order valence-corrected chi connectivity index (χ0v) is 28.8. The molecule has 0 saturated heterocycles. The molecule has 1 heterocycles. The highest BCUT2D eigenvalue weighted by molar-refractivity contribution is 6.24. The first kappa shape index (κ1) is 38.6. The first-order chi connectivity index (χ1) is 23.2. The molecule has 3 rings (SSSR count). The first-order valence-corrected chi connectivity index (χ1v) is 15.7. The summed E-state index contributed by atoms with van der Waals surface area (Å²) in [6.45, 7) is 6.80. The molecule has 2 aliphatic rings. The van der Waals surface area contributed by atoms with E-state index in [0.717, 1.165) is 6.08 Å². The molecule has 0 radical (unpaired) electrons. The second kappa shape index (κ2) is 17.5. The maximum absolute atomic E-state index is 13.9. The number of para-hydroxylation sites is 1. The second-order valence-corrected chi connectivity index (χ2v) is 12.1. The van der Waals surface area contributed by atoms with Crippen molar-refractivity contribution >= 4 is 29.5 Å². The van der Waals surface area contributed by atoms with Gasteiger partial charge in [-0.2, -0.15) is 0 Å². The SMILES string of the molecule is COc1ccccc1C(=O)NC1=C2C[C@@H](C)C[C@H](OC)[C@H](O)[C@@H](C)/C=C(\C)[C@@H](OC(N)=O)[C@@H](OC)/C=C\C=C(/C)C(=O)NC(=CC1=O)C2=O. The van der Waals surface area contributed by atoms with Crippen LogP contribution >= 0.6 is 0 Å². The Morgan fingerprint density at radius 3 is 2.37 bits per heavy atom. The van der Waals surface area contributed by atoms with Crippen LogP contribution in [-0.4, -0.2) is 80.3 Å². The van der Waals surface area contributed by atoms with Gasteiger partial charge in [-0.25, -0.2) is 4.79 Å². The lowest BCUT2D eigenvalue weighted by Crippen LogP contribution is -2.38. The van der Waals surface area contributed by atoms with Gasteiger partial charge in [-0.15, -0.1) is 0 Å². The molecule has 264 valence electrons. The number of allylic oxidation sites excluding steroid dienone is 4. The highest BCUT2D eigenvalue weighted by Crippen LogP contribution is 2.29. The molecule has 0 fully saturated rings. The minimum atomic E-state index is -1.04. The van der Waals surface area contributed by atoms with Crippen LogP contribution in [0.3, 0.4) is 0 Å². The molecular formula is C36H45N3O10. The van der Waals surface area contributed by atoms with Crippen molar-refractivity contribution in [1.82, 2.24) is 10.6 Å². The van der Waals surface area contributed by atoms with Gasteiger partial charge in [-0.1, -0.05) is 50.3 Å². The van der Waals surface area contributed by atoms with Gasteiger partial charge in [0, 0.05) is 37.4 Å². The number of nitrogens with one attached hydrogen (secondary N) is 2. The Labute approximate surface area is 285 Å². The standard InChI is InChI=1S/C36H45N3O10/c1-19-15-24-30(39-35(44)23-12-8-9-13-27(23)46-5)26(40)18-25(32(24)42)38-34(43)20(2)11-10-14-28(47-6)33(49-36(37)45)22(4)17-21(3)31(41)29(16-19)48-7/h8-14,17-19,21,28-29,31,33,41H,15-16H2,1-7H3,(H2,37,45)(H,38,43)(H,39,44)/b14-10-,20-11+,22-17+/t19-,21+,28+,29+,31-,33-/m1/s1. The number of aliphatic hydroxyl groups is 1. The molecule has 6 atom stereocenters. The summed E-state index contributed by atoms with van der Waals surface area (Å²) in [4.78, 5) is 65.7. The predicted octanol–water partition coefficient (Wildman–Crippen LogP) is 3.20. The van der Waals surface area contributed by atoms with Crippen LogP contribution in [-0.2, 0) is 28.6 Å². The lowest BCUT2D eigenvalue weighted by atomic mass is 9.85. The fourth-order valence-electron chi connectivity index (χ4n) is 5.73. The number of hydrogen-bond acceptors (Lipinski definition) is 10. The largest absolute Gasteiger partial charge is 0.496 e. The second-order valence-electron chi connectivity index (χ2n) is 12.1. The van der Waals surface area contributed by atoms with E-state index < -0.39 is 59.8 Å². The number of nitrogens with two attached hydrogens (primary N) is 1. The number of primary amides is 1. The van der Waals surface area contributed by atoms with Gasteiger partial charge in [0.05, 0.1) is 36.3 Å². The molecular weight excluding hydrogens is 634 g/mol. The molecule has 0 unspecified atom stereocenters. The maximum Gasteiger partial charge on any atom is 0.405 e. The lowest BCUT2D eigenvalue weighted by molar-refractivity contribution is -0.120. The van der Waals surface area contributed by atoms with Gasteiger partial charge < -0.3 is 40.4 Å². The molecule has 1 aromatic rings. The molecule has 2 bridgehead atoms. The average molecular weight is 680 g/mol. The highest BCUT2D eigenvalue weighted by atomic mass is 16.6. The monoisotopic (exact) mass is 679 g/mol. The number of aliphatic hydroxyl groups excluding tert-OH is 1. The van der Waals surface area contributed by atoms with E-state index in [9.17, 15) is 29.1 Å². The third-order valence-electron chi connectivity index (χ3n) is 8.38. The molecule has 1 aliphatic carbocycles. The van der Waals surface area contributed by atoms with E-state index >= 15 is 0 Å². The van der Waals surface area contributed by atoms with Crippen molar-refractivity contribution in [3.63, 3.8) is 0 Å². The third-order valence-corrected chi connectivity index (χ3v) is 8.38. The van der Waals surface area contributed by atoms with Crippen LogP contribution in [0.15, 0.2) is 82.8 Å². The molecule has 49 heavy (non-hydrogen) atoms. The van der Waals surface area contributed by atoms with Crippen molar-refractivity contribution in [3.05, 3.63) is 88.3 Å². The van der Waals surface area contributed by atoms with Gasteiger partial charge in [-0.3, -0.25) is 19.2 Å². The van der Waals surface area contributed by atoms with E-state index in [0.29, 0.717) is 5.57 Å². The Morgan fingerprint density at radius 2 is 1.73 bits per heavy atom. The molecule has 0 saturated carbocycles. The number of fused-ring (bicyclic) bond motifs is 2. The van der Waals surface area contributed by atoms with Crippen LogP contribution in [0.5, 0.6) is 5.75 Å². The van der Waals surface area contributed by atoms with Gasteiger partial charge in [0.15, 0.2) is 6.10 Å². The Balaban J connectivity index is 2.11. The van der Waals surface area contributed by atoms with Crippen molar-refractivity contribution in [3.8, 4) is 5.75 Å². The van der Waals surface area contributed by atoms with Crippen molar-refractivity contribution in [2.45, 2.75) is 65.0 Å². The molecule has 1 aromatic carbocycles. The van der Waals surface area contributed by atoms with Crippen LogP contribution in [0.4, 0.5) is 4.79 Å². The fraction of sp³-hybridized carbons (Fsp3) is 0.417. The number of hydrogen-bond donors (Lipinski definition) is 4. The number of benzene rings is 1. The van der Waals surface area contributed by atoms with Crippen LogP contribution in [0.25, 0.3) is 0 Å². The quantitative estimate of drug-likeness (QED) is 0.256. The van der Waals surface area contributed by atoms with E-state index in [1.54, 1.807) is 44.2 Å². The smallest absolute Gasteiger partial charge is 0.405 e. The Bertz CT molecular complexity index is 1610. The fourth-order valence-corrected chi connectivity index (χ4v) is 5.73. The number of methoxy groups -OCH3 is 3. The number of amides is 3. The van der Waals surface area contributed by atoms with Gasteiger partial charge in [0.25, 0.3) is 11.8 Å². The van der Waals surface area contributed by atoms with Gasteiger partial charge in [-0.05, 0) is 50.3 Å². The number of carbonyl (C=O) groups is 5. The normalized spacial score (nSPS) is 28.7. The maximum atomic E-state index is 13.9. The number of rotatable bonds is 6. The Morgan fingerprint density at radius 1 is 1.04 bits per heavy atom. The highest BCUT2D eigenvalue weighted by Gasteiger charge is 2.34. The van der Waals surface area contributed by atoms with Gasteiger partial charge in [0.1, 0.15) is 11.9 Å². The topological polar surface area (TPSA) is 193 Å². The zero-order valence-electron chi connectivity index (χ0n) is 28.8. The molecule has 5 N–H and O–H groups in total.